The summed E-state index contributed by atoms with van der Waals surface area (Å²) in [7, 11) is 1.61. The summed E-state index contributed by atoms with van der Waals surface area (Å²) in [6.07, 6.45) is 0. The highest BCUT2D eigenvalue weighted by molar-refractivity contribution is 9.10. The number of rotatable bonds is 4. The molecule has 4 aromatic rings. The van der Waals surface area contributed by atoms with Crippen molar-refractivity contribution in [1.82, 2.24) is 23.5 Å². The van der Waals surface area contributed by atoms with Crippen LogP contribution in [0.2, 0.25) is 0 Å². The van der Waals surface area contributed by atoms with Gasteiger partial charge < -0.3 is 9.88 Å². The fourth-order valence-corrected chi connectivity index (χ4v) is 3.59. The number of aryl methyl sites for hydroxylation is 2. The lowest BCUT2D eigenvalue weighted by molar-refractivity contribution is 0.722. The SMILES string of the molecule is Cc1c(C)n2c3c(=O)[nH]c(=O)n(C)c3nc2n1CCNc1ccc(Br)cc1. The fraction of sp³-hybridized carbons (Fsp3) is 0.278. The third-order valence-corrected chi connectivity index (χ3v) is 5.44. The van der Waals surface area contributed by atoms with Crippen LogP contribution in [0.4, 0.5) is 5.69 Å². The van der Waals surface area contributed by atoms with Crippen LogP contribution >= 0.6 is 15.9 Å². The van der Waals surface area contributed by atoms with Gasteiger partial charge in [-0.05, 0) is 38.1 Å². The second kappa shape index (κ2) is 6.41. The van der Waals surface area contributed by atoms with Gasteiger partial charge in [-0.15, -0.1) is 0 Å². The number of anilines is 1. The van der Waals surface area contributed by atoms with Gasteiger partial charge in [0.15, 0.2) is 11.2 Å². The first-order valence-corrected chi connectivity index (χ1v) is 9.34. The molecule has 3 aromatic heterocycles. The predicted octanol–water partition coefficient (Wildman–Crippen LogP) is 2.17. The molecule has 0 radical (unpaired) electrons. The van der Waals surface area contributed by atoms with E-state index in [4.69, 9.17) is 0 Å². The third kappa shape index (κ3) is 2.78. The molecule has 0 aliphatic heterocycles. The van der Waals surface area contributed by atoms with Gasteiger partial charge in [0.25, 0.3) is 5.56 Å². The fourth-order valence-electron chi connectivity index (χ4n) is 3.32. The minimum absolute atomic E-state index is 0.386. The van der Waals surface area contributed by atoms with Gasteiger partial charge in [0.1, 0.15) is 0 Å². The number of nitrogens with zero attached hydrogens (tertiary/aromatic N) is 4. The number of imidazole rings is 2. The molecule has 2 N–H and O–H groups in total. The number of hydrogen-bond acceptors (Lipinski definition) is 4. The van der Waals surface area contributed by atoms with E-state index < -0.39 is 11.2 Å². The van der Waals surface area contributed by atoms with E-state index >= 15 is 0 Å². The summed E-state index contributed by atoms with van der Waals surface area (Å²) in [5.41, 5.74) is 2.89. The quantitative estimate of drug-likeness (QED) is 0.519. The molecule has 0 saturated heterocycles. The molecule has 0 aliphatic carbocycles. The van der Waals surface area contributed by atoms with Crippen LogP contribution in [0, 0.1) is 13.8 Å². The van der Waals surface area contributed by atoms with Gasteiger partial charge in [-0.25, -0.2) is 4.79 Å². The lowest BCUT2D eigenvalue weighted by Gasteiger charge is -2.09. The zero-order valence-electron chi connectivity index (χ0n) is 15.2. The molecule has 0 amide bonds. The smallest absolute Gasteiger partial charge is 0.329 e. The van der Waals surface area contributed by atoms with Crippen LogP contribution in [0.15, 0.2) is 38.3 Å². The van der Waals surface area contributed by atoms with Crippen molar-refractivity contribution in [3.63, 3.8) is 0 Å². The maximum absolute atomic E-state index is 12.4. The topological polar surface area (TPSA) is 89.1 Å². The summed E-state index contributed by atoms with van der Waals surface area (Å²) in [6.45, 7) is 5.33. The maximum atomic E-state index is 12.4. The Morgan fingerprint density at radius 2 is 1.85 bits per heavy atom. The third-order valence-electron chi connectivity index (χ3n) is 4.91. The minimum atomic E-state index is -0.467. The second-order valence-electron chi connectivity index (χ2n) is 6.49. The number of benzene rings is 1. The van der Waals surface area contributed by atoms with Gasteiger partial charge in [-0.3, -0.25) is 18.7 Å². The standard InChI is InChI=1S/C18H19BrN6O2/c1-10-11(2)25-14-15(23(3)18(27)22-16(14)26)21-17(25)24(10)9-8-20-13-6-4-12(19)5-7-13/h4-7,20H,8-9H2,1-3H3,(H,22,26,27). The van der Waals surface area contributed by atoms with Crippen molar-refractivity contribution in [3.8, 4) is 0 Å². The van der Waals surface area contributed by atoms with E-state index in [1.807, 2.05) is 42.5 Å². The number of nitrogens with one attached hydrogen (secondary N) is 2. The van der Waals surface area contributed by atoms with Crippen LogP contribution in [0.25, 0.3) is 16.9 Å². The summed E-state index contributed by atoms with van der Waals surface area (Å²) in [5.74, 6) is 0.657. The van der Waals surface area contributed by atoms with Gasteiger partial charge in [0.2, 0.25) is 5.78 Å². The zero-order chi connectivity index (χ0) is 19.3. The summed E-state index contributed by atoms with van der Waals surface area (Å²) in [6, 6.07) is 7.98. The molecule has 0 atom stereocenters. The van der Waals surface area contributed by atoms with Gasteiger partial charge in [-0.2, -0.15) is 4.98 Å². The number of aromatic nitrogens is 5. The Hall–Kier alpha value is -2.81. The van der Waals surface area contributed by atoms with Crippen LogP contribution in [0.1, 0.15) is 11.4 Å². The average Bonchev–Trinajstić information content (AvgIpc) is 3.13. The first-order chi connectivity index (χ1) is 12.9. The molecule has 0 saturated carbocycles. The first-order valence-electron chi connectivity index (χ1n) is 8.55. The van der Waals surface area contributed by atoms with E-state index in [-0.39, 0.29) is 0 Å². The molecule has 9 heteroatoms. The normalized spacial score (nSPS) is 11.6. The molecule has 0 bridgehead atoms. The molecule has 8 nitrogen and oxygen atoms in total. The number of fused-ring (bicyclic) bond motifs is 3. The van der Waals surface area contributed by atoms with Crippen molar-refractivity contribution >= 4 is 38.6 Å². The lowest BCUT2D eigenvalue weighted by atomic mass is 10.3. The van der Waals surface area contributed by atoms with Crippen molar-refractivity contribution in [1.29, 1.82) is 0 Å². The Morgan fingerprint density at radius 3 is 2.56 bits per heavy atom. The van der Waals surface area contributed by atoms with Crippen molar-refractivity contribution in [2.24, 2.45) is 7.05 Å². The van der Waals surface area contributed by atoms with Crippen LogP contribution in [-0.4, -0.2) is 30.0 Å². The summed E-state index contributed by atoms with van der Waals surface area (Å²) in [4.78, 5) is 31.2. The number of halogens is 1. The van der Waals surface area contributed by atoms with Gasteiger partial charge in [-0.1, -0.05) is 15.9 Å². The Kier molecular flexibility index (Phi) is 4.18. The van der Waals surface area contributed by atoms with E-state index in [2.05, 4.69) is 35.8 Å². The zero-order valence-corrected chi connectivity index (χ0v) is 16.8. The largest absolute Gasteiger partial charge is 0.383 e. The Morgan fingerprint density at radius 1 is 1.15 bits per heavy atom. The highest BCUT2D eigenvalue weighted by Crippen LogP contribution is 2.20. The van der Waals surface area contributed by atoms with Crippen molar-refractivity contribution in [2.75, 3.05) is 11.9 Å². The van der Waals surface area contributed by atoms with Crippen molar-refractivity contribution < 1.29 is 0 Å². The number of hydrogen-bond donors (Lipinski definition) is 2. The van der Waals surface area contributed by atoms with Crippen LogP contribution < -0.4 is 16.6 Å². The van der Waals surface area contributed by atoms with Gasteiger partial charge >= 0.3 is 5.69 Å². The van der Waals surface area contributed by atoms with Crippen molar-refractivity contribution in [2.45, 2.75) is 20.4 Å². The first kappa shape index (κ1) is 17.6. The van der Waals surface area contributed by atoms with Crippen LogP contribution in [0.5, 0.6) is 0 Å². The molecular formula is C18H19BrN6O2. The maximum Gasteiger partial charge on any atom is 0.329 e. The molecule has 0 unspecified atom stereocenters. The molecule has 1 aromatic carbocycles. The average molecular weight is 431 g/mol. The Bertz CT molecular complexity index is 1280. The Labute approximate surface area is 162 Å². The summed E-state index contributed by atoms with van der Waals surface area (Å²) >= 11 is 3.43. The summed E-state index contributed by atoms with van der Waals surface area (Å²) < 4.78 is 6.28. The molecular weight excluding hydrogens is 412 g/mol. The number of H-pyrrole nitrogens is 1. The summed E-state index contributed by atoms with van der Waals surface area (Å²) in [5, 5.41) is 3.39. The van der Waals surface area contributed by atoms with E-state index in [9.17, 15) is 9.59 Å². The van der Waals surface area contributed by atoms with E-state index in [0.29, 0.717) is 30.0 Å². The molecule has 0 spiro atoms. The molecule has 0 aliphatic rings. The van der Waals surface area contributed by atoms with E-state index in [1.54, 1.807) is 7.05 Å². The van der Waals surface area contributed by atoms with Crippen LogP contribution in [-0.2, 0) is 13.6 Å². The van der Waals surface area contributed by atoms with Crippen LogP contribution in [0.3, 0.4) is 0 Å². The molecule has 140 valence electrons. The molecule has 4 rings (SSSR count). The highest BCUT2D eigenvalue weighted by atomic mass is 79.9. The lowest BCUT2D eigenvalue weighted by Crippen LogP contribution is -2.28. The van der Waals surface area contributed by atoms with Crippen molar-refractivity contribution in [3.05, 3.63) is 61.0 Å². The predicted molar refractivity (Wildman–Crippen MR) is 109 cm³/mol. The monoisotopic (exact) mass is 430 g/mol. The van der Waals surface area contributed by atoms with E-state index in [1.165, 1.54) is 4.57 Å². The molecule has 27 heavy (non-hydrogen) atoms. The van der Waals surface area contributed by atoms with Gasteiger partial charge in [0.05, 0.1) is 0 Å². The minimum Gasteiger partial charge on any atom is -0.383 e. The van der Waals surface area contributed by atoms with Gasteiger partial charge in [0, 0.05) is 41.7 Å². The second-order valence-corrected chi connectivity index (χ2v) is 7.41. The number of aromatic amines is 1. The molecule has 0 fully saturated rings. The Balaban J connectivity index is 1.75. The molecule has 3 heterocycles. The highest BCUT2D eigenvalue weighted by Gasteiger charge is 2.20. The van der Waals surface area contributed by atoms with E-state index in [0.717, 1.165) is 21.5 Å².